The van der Waals surface area contributed by atoms with E-state index in [-0.39, 0.29) is 42.6 Å². The van der Waals surface area contributed by atoms with Gasteiger partial charge in [0.05, 0.1) is 18.3 Å². The fourth-order valence-electron chi connectivity index (χ4n) is 4.33. The number of ether oxygens (including phenoxy) is 2. The first kappa shape index (κ1) is 29.7. The van der Waals surface area contributed by atoms with Crippen LogP contribution < -0.4 is 4.74 Å². The van der Waals surface area contributed by atoms with Crippen molar-refractivity contribution in [3.8, 4) is 17.1 Å². The lowest BCUT2D eigenvalue weighted by Crippen LogP contribution is -2.38. The zero-order valence-electron chi connectivity index (χ0n) is 22.5. The maximum Gasteiger partial charge on any atom is 0.419 e. The molecule has 1 aliphatic rings. The van der Waals surface area contributed by atoms with Crippen LogP contribution in [0.25, 0.3) is 11.4 Å². The van der Waals surface area contributed by atoms with Crippen molar-refractivity contribution < 1.29 is 37.1 Å². The molecule has 1 N–H and O–H groups in total. The Hall–Kier alpha value is -2.82. The molecule has 38 heavy (non-hydrogen) atoms. The molecule has 1 fully saturated rings. The van der Waals surface area contributed by atoms with E-state index in [4.69, 9.17) is 14.0 Å². The molecule has 2 atom stereocenters. The van der Waals surface area contributed by atoms with Gasteiger partial charge in [0.25, 0.3) is 5.89 Å². The average molecular weight is 542 g/mol. The van der Waals surface area contributed by atoms with E-state index >= 15 is 0 Å². The third kappa shape index (κ3) is 8.09. The van der Waals surface area contributed by atoms with E-state index in [1.54, 1.807) is 20.8 Å². The Labute approximate surface area is 221 Å². The average Bonchev–Trinajstić information content (AvgIpc) is 3.46. The molecule has 0 bridgehead atoms. The van der Waals surface area contributed by atoms with E-state index in [1.807, 2.05) is 0 Å². The molecular weight excluding hydrogens is 503 g/mol. The highest BCUT2D eigenvalue weighted by Gasteiger charge is 2.43. The molecule has 1 aromatic carbocycles. The van der Waals surface area contributed by atoms with Crippen LogP contribution in [-0.4, -0.2) is 51.1 Å². The molecule has 0 radical (unpaired) electrons. The molecule has 1 aromatic heterocycles. The summed E-state index contributed by atoms with van der Waals surface area (Å²) in [4.78, 5) is 18.1. The number of unbranched alkanes of at least 4 members (excludes halogenated alkanes) is 6. The number of carbonyl (C=O) groups excluding carboxylic acids is 1. The van der Waals surface area contributed by atoms with Gasteiger partial charge >= 0.3 is 12.3 Å². The first-order valence-corrected chi connectivity index (χ1v) is 13.3. The third-order valence-electron chi connectivity index (χ3n) is 6.24. The summed E-state index contributed by atoms with van der Waals surface area (Å²) in [6.45, 7) is 7.71. The van der Waals surface area contributed by atoms with Crippen molar-refractivity contribution in [2.75, 3.05) is 13.2 Å². The van der Waals surface area contributed by atoms with Gasteiger partial charge in [0, 0.05) is 12.1 Å². The van der Waals surface area contributed by atoms with Crippen LogP contribution in [0.1, 0.15) is 96.6 Å². The summed E-state index contributed by atoms with van der Waals surface area (Å²) < 4.78 is 57.7. The molecule has 0 saturated carbocycles. The van der Waals surface area contributed by atoms with Crippen molar-refractivity contribution in [1.29, 1.82) is 0 Å². The van der Waals surface area contributed by atoms with E-state index in [0.717, 1.165) is 31.7 Å². The topological polar surface area (TPSA) is 97.9 Å². The number of alkyl halides is 3. The van der Waals surface area contributed by atoms with Gasteiger partial charge in [-0.05, 0) is 51.8 Å². The fraction of sp³-hybridized carbons (Fsp3) is 0.667. The number of likely N-dealkylation sites (tertiary alicyclic amines) is 1. The van der Waals surface area contributed by atoms with Gasteiger partial charge in [-0.15, -0.1) is 0 Å². The molecule has 212 valence electrons. The second-order valence-corrected chi connectivity index (χ2v) is 10.6. The smallest absolute Gasteiger partial charge is 0.419 e. The Balaban J connectivity index is 1.71. The van der Waals surface area contributed by atoms with Gasteiger partial charge in [0.15, 0.2) is 0 Å². The minimum Gasteiger partial charge on any atom is -0.493 e. The van der Waals surface area contributed by atoms with Gasteiger partial charge in [-0.3, -0.25) is 4.90 Å². The molecule has 1 unspecified atom stereocenters. The molecule has 3 rings (SSSR count). The summed E-state index contributed by atoms with van der Waals surface area (Å²) >= 11 is 0. The minimum atomic E-state index is -4.65. The van der Waals surface area contributed by atoms with Crippen LogP contribution in [0.5, 0.6) is 5.75 Å². The van der Waals surface area contributed by atoms with Crippen molar-refractivity contribution in [3.05, 3.63) is 29.7 Å². The Kier molecular flexibility index (Phi) is 10.0. The van der Waals surface area contributed by atoms with Crippen LogP contribution >= 0.6 is 0 Å². The maximum atomic E-state index is 13.8. The third-order valence-corrected chi connectivity index (χ3v) is 6.24. The summed E-state index contributed by atoms with van der Waals surface area (Å²) in [5.41, 5.74) is -1.60. The predicted octanol–water partition coefficient (Wildman–Crippen LogP) is 6.93. The number of halogens is 3. The van der Waals surface area contributed by atoms with Crippen LogP contribution in [0.2, 0.25) is 0 Å². The quantitative estimate of drug-likeness (QED) is 0.308. The number of nitrogens with zero attached hydrogens (tertiary/aromatic N) is 3. The van der Waals surface area contributed by atoms with Crippen LogP contribution in [0.15, 0.2) is 22.7 Å². The highest BCUT2D eigenvalue weighted by atomic mass is 19.4. The van der Waals surface area contributed by atoms with E-state index in [9.17, 15) is 23.1 Å². The second kappa shape index (κ2) is 12.8. The minimum absolute atomic E-state index is 0.0758. The Morgan fingerprint density at radius 2 is 1.82 bits per heavy atom. The molecule has 8 nitrogen and oxygen atoms in total. The number of aliphatic hydroxyl groups excluding tert-OH is 1. The lowest BCUT2D eigenvalue weighted by atomic mass is 10.1. The van der Waals surface area contributed by atoms with Crippen molar-refractivity contribution in [2.24, 2.45) is 0 Å². The van der Waals surface area contributed by atoms with Crippen molar-refractivity contribution in [3.63, 3.8) is 0 Å². The summed E-state index contributed by atoms with van der Waals surface area (Å²) in [7, 11) is 0. The maximum absolute atomic E-state index is 13.8. The van der Waals surface area contributed by atoms with Crippen LogP contribution in [-0.2, 0) is 10.9 Å². The summed E-state index contributed by atoms with van der Waals surface area (Å²) in [6.07, 6.45) is 1.27. The normalized spacial score (nSPS) is 18.2. The van der Waals surface area contributed by atoms with Crippen molar-refractivity contribution >= 4 is 6.09 Å². The molecule has 0 spiro atoms. The lowest BCUT2D eigenvalue weighted by Gasteiger charge is -2.27. The number of hydrogen-bond donors (Lipinski definition) is 1. The Bertz CT molecular complexity index is 1050. The number of rotatable bonds is 11. The fourth-order valence-corrected chi connectivity index (χ4v) is 4.33. The van der Waals surface area contributed by atoms with Gasteiger partial charge in [-0.1, -0.05) is 50.6 Å². The number of hydrogen-bond acceptors (Lipinski definition) is 7. The molecule has 1 amide bonds. The van der Waals surface area contributed by atoms with Crippen molar-refractivity contribution in [2.45, 2.75) is 103 Å². The number of carbonyl (C=O) groups is 1. The van der Waals surface area contributed by atoms with Gasteiger partial charge in [-0.2, -0.15) is 18.2 Å². The highest BCUT2D eigenvalue weighted by Crippen LogP contribution is 2.39. The molecule has 2 heterocycles. The molecule has 2 aromatic rings. The summed E-state index contributed by atoms with van der Waals surface area (Å²) in [5.74, 6) is -0.422. The summed E-state index contributed by atoms with van der Waals surface area (Å²) in [5, 5.41) is 14.3. The Morgan fingerprint density at radius 3 is 2.47 bits per heavy atom. The molecular formula is C27H38F3N3O5. The molecule has 1 saturated heterocycles. The van der Waals surface area contributed by atoms with Crippen LogP contribution in [0.3, 0.4) is 0 Å². The first-order valence-electron chi connectivity index (χ1n) is 13.3. The molecule has 11 heteroatoms. The number of aromatic nitrogens is 2. The van der Waals surface area contributed by atoms with E-state index in [1.165, 1.54) is 29.9 Å². The molecule has 1 aliphatic heterocycles. The van der Waals surface area contributed by atoms with Gasteiger partial charge < -0.3 is 19.1 Å². The largest absolute Gasteiger partial charge is 0.493 e. The second-order valence-electron chi connectivity index (χ2n) is 10.6. The van der Waals surface area contributed by atoms with E-state index in [0.29, 0.717) is 6.42 Å². The van der Waals surface area contributed by atoms with Crippen LogP contribution in [0.4, 0.5) is 18.0 Å². The summed E-state index contributed by atoms with van der Waals surface area (Å²) in [6, 6.07) is 2.65. The number of aliphatic hydroxyl groups is 1. The monoisotopic (exact) mass is 541 g/mol. The first-order chi connectivity index (χ1) is 17.9. The highest BCUT2D eigenvalue weighted by molar-refractivity contribution is 5.69. The predicted molar refractivity (Wildman–Crippen MR) is 135 cm³/mol. The zero-order valence-corrected chi connectivity index (χ0v) is 22.5. The standard InChI is InChI=1S/C27H38F3N3O5/c1-5-6-7-8-9-10-11-16-36-21-13-12-18(17-19(21)27(28,29)30)23-31-24(38-32-23)22-20(34)14-15-33(22)25(35)37-26(2,3)4/h12-13,17,20,22,34H,5-11,14-16H2,1-4H3/t20-,22?/m0/s1. The van der Waals surface area contributed by atoms with Gasteiger partial charge in [0.1, 0.15) is 17.4 Å². The number of benzene rings is 1. The van der Waals surface area contributed by atoms with Crippen molar-refractivity contribution in [1.82, 2.24) is 15.0 Å². The lowest BCUT2D eigenvalue weighted by molar-refractivity contribution is -0.138. The van der Waals surface area contributed by atoms with Crippen LogP contribution in [0, 0.1) is 0 Å². The zero-order chi connectivity index (χ0) is 27.9. The van der Waals surface area contributed by atoms with Gasteiger partial charge in [0.2, 0.25) is 5.82 Å². The van der Waals surface area contributed by atoms with Gasteiger partial charge in [-0.25, -0.2) is 4.79 Å². The van der Waals surface area contributed by atoms with E-state index in [2.05, 4.69) is 17.1 Å². The Morgan fingerprint density at radius 1 is 1.13 bits per heavy atom. The van der Waals surface area contributed by atoms with E-state index < -0.39 is 35.6 Å². The SMILES string of the molecule is CCCCCCCCCOc1ccc(-c2noc(C3[C@@H](O)CCN3C(=O)OC(C)(C)C)n2)cc1C(F)(F)F. The number of amides is 1. The molecule has 0 aliphatic carbocycles.